The summed E-state index contributed by atoms with van der Waals surface area (Å²) in [7, 11) is 0. The summed E-state index contributed by atoms with van der Waals surface area (Å²) in [5, 5.41) is 9.83. The highest BCUT2D eigenvalue weighted by molar-refractivity contribution is 7.98. The van der Waals surface area contributed by atoms with Crippen molar-refractivity contribution in [3.63, 3.8) is 0 Å². The van der Waals surface area contributed by atoms with Crippen LogP contribution in [-0.4, -0.2) is 19.7 Å². The summed E-state index contributed by atoms with van der Waals surface area (Å²) < 4.78 is 2.11. The van der Waals surface area contributed by atoms with Gasteiger partial charge < -0.3 is 0 Å². The van der Waals surface area contributed by atoms with E-state index in [0.29, 0.717) is 0 Å². The summed E-state index contributed by atoms with van der Waals surface area (Å²) in [5.41, 5.74) is 5.83. The molecule has 0 aliphatic rings. The van der Waals surface area contributed by atoms with Crippen molar-refractivity contribution in [3.8, 4) is 17.1 Å². The van der Waals surface area contributed by atoms with E-state index in [1.165, 1.54) is 16.7 Å². The third-order valence-corrected chi connectivity index (χ3v) is 5.44. The molecule has 0 spiro atoms. The van der Waals surface area contributed by atoms with Crippen LogP contribution in [0.5, 0.6) is 0 Å². The maximum Gasteiger partial charge on any atom is 0.196 e. The Hall–Kier alpha value is -2.92. The summed E-state index contributed by atoms with van der Waals surface area (Å²) >= 11 is 1.70. The van der Waals surface area contributed by atoms with Crippen molar-refractivity contribution in [2.24, 2.45) is 0 Å². The average molecular weight is 372 g/mol. The summed E-state index contributed by atoms with van der Waals surface area (Å²) in [4.78, 5) is 4.24. The highest BCUT2D eigenvalue weighted by Gasteiger charge is 2.16. The summed E-state index contributed by atoms with van der Waals surface area (Å²) in [5.74, 6) is 1.66. The molecule has 2 aromatic carbocycles. The van der Waals surface area contributed by atoms with Gasteiger partial charge in [0.1, 0.15) is 0 Å². The molecule has 5 heteroatoms. The molecule has 0 bridgehead atoms. The molecule has 0 saturated carbocycles. The normalized spacial score (nSPS) is 10.9. The van der Waals surface area contributed by atoms with Gasteiger partial charge in [-0.25, -0.2) is 0 Å². The molecule has 2 aromatic heterocycles. The Balaban J connectivity index is 1.74. The number of hydrogen-bond acceptors (Lipinski definition) is 4. The minimum Gasteiger partial charge on any atom is -0.270 e. The van der Waals surface area contributed by atoms with E-state index in [1.54, 1.807) is 18.0 Å². The third-order valence-electron chi connectivity index (χ3n) is 4.46. The van der Waals surface area contributed by atoms with E-state index in [0.717, 1.165) is 28.0 Å². The van der Waals surface area contributed by atoms with Crippen LogP contribution in [0.2, 0.25) is 0 Å². The molecule has 0 aliphatic heterocycles. The van der Waals surface area contributed by atoms with E-state index >= 15 is 0 Å². The van der Waals surface area contributed by atoms with Gasteiger partial charge in [-0.3, -0.25) is 9.55 Å². The Bertz CT molecular complexity index is 1040. The van der Waals surface area contributed by atoms with E-state index in [4.69, 9.17) is 0 Å². The number of rotatable bonds is 5. The van der Waals surface area contributed by atoms with Crippen molar-refractivity contribution in [3.05, 3.63) is 89.7 Å². The minimum atomic E-state index is 0.805. The molecule has 0 fully saturated rings. The lowest BCUT2D eigenvalue weighted by Crippen LogP contribution is -2.00. The Morgan fingerprint density at radius 1 is 0.889 bits per heavy atom. The fourth-order valence-electron chi connectivity index (χ4n) is 2.89. The van der Waals surface area contributed by atoms with Gasteiger partial charge in [0.2, 0.25) is 0 Å². The molecule has 0 aliphatic carbocycles. The van der Waals surface area contributed by atoms with Crippen molar-refractivity contribution < 1.29 is 0 Å². The van der Waals surface area contributed by atoms with Crippen LogP contribution in [0.15, 0.2) is 78.2 Å². The molecular weight excluding hydrogens is 352 g/mol. The molecule has 0 N–H and O–H groups in total. The molecular formula is C22H20N4S. The van der Waals surface area contributed by atoms with Crippen LogP contribution in [0, 0.1) is 13.8 Å². The molecule has 27 heavy (non-hydrogen) atoms. The maximum absolute atomic E-state index is 4.48. The molecule has 0 saturated heterocycles. The van der Waals surface area contributed by atoms with Crippen molar-refractivity contribution in [2.45, 2.75) is 24.8 Å². The highest BCUT2D eigenvalue weighted by Crippen LogP contribution is 2.30. The van der Waals surface area contributed by atoms with Gasteiger partial charge in [0.15, 0.2) is 11.0 Å². The van der Waals surface area contributed by atoms with Crippen LogP contribution < -0.4 is 0 Å². The van der Waals surface area contributed by atoms with E-state index in [-0.39, 0.29) is 0 Å². The number of aromatic nitrogens is 4. The molecule has 2 heterocycles. The monoisotopic (exact) mass is 372 g/mol. The summed E-state index contributed by atoms with van der Waals surface area (Å²) in [6.45, 7) is 4.23. The van der Waals surface area contributed by atoms with Gasteiger partial charge in [-0.2, -0.15) is 0 Å². The number of hydrogen-bond donors (Lipinski definition) is 0. The number of benzene rings is 2. The van der Waals surface area contributed by atoms with E-state index in [9.17, 15) is 0 Å². The second-order valence-electron chi connectivity index (χ2n) is 6.43. The Morgan fingerprint density at radius 3 is 2.44 bits per heavy atom. The second kappa shape index (κ2) is 7.76. The Labute approximate surface area is 163 Å². The minimum absolute atomic E-state index is 0.805. The average Bonchev–Trinajstić information content (AvgIpc) is 3.12. The van der Waals surface area contributed by atoms with Gasteiger partial charge in [0.25, 0.3) is 0 Å². The number of aryl methyl sites for hydroxylation is 2. The van der Waals surface area contributed by atoms with Gasteiger partial charge >= 0.3 is 0 Å². The molecule has 0 radical (unpaired) electrons. The molecule has 4 rings (SSSR count). The van der Waals surface area contributed by atoms with Crippen LogP contribution in [-0.2, 0) is 5.75 Å². The standard InChI is InChI=1S/C22H20N4S/c1-16-9-11-20(12-10-16)26-21(18-8-5-13-23-14-18)24-25-22(26)27-15-19-7-4-3-6-17(19)2/h3-14H,15H2,1-2H3. The van der Waals surface area contributed by atoms with E-state index < -0.39 is 0 Å². The largest absolute Gasteiger partial charge is 0.270 e. The fraction of sp³-hybridized carbons (Fsp3) is 0.136. The van der Waals surface area contributed by atoms with Gasteiger partial charge in [0.05, 0.1) is 0 Å². The van der Waals surface area contributed by atoms with E-state index in [2.05, 4.69) is 82.1 Å². The molecule has 0 unspecified atom stereocenters. The zero-order valence-electron chi connectivity index (χ0n) is 15.3. The lowest BCUT2D eigenvalue weighted by molar-refractivity contribution is 0.885. The first-order valence-electron chi connectivity index (χ1n) is 8.82. The zero-order valence-corrected chi connectivity index (χ0v) is 16.1. The SMILES string of the molecule is Cc1ccc(-n2c(SCc3ccccc3C)nnc2-c2cccnc2)cc1. The Morgan fingerprint density at radius 2 is 1.70 bits per heavy atom. The molecule has 0 atom stereocenters. The Kier molecular flexibility index (Phi) is 5.03. The quantitative estimate of drug-likeness (QED) is 0.450. The van der Waals surface area contributed by atoms with Gasteiger partial charge in [-0.05, 0) is 49.2 Å². The smallest absolute Gasteiger partial charge is 0.196 e. The first-order valence-corrected chi connectivity index (χ1v) is 9.81. The first-order chi connectivity index (χ1) is 13.2. The summed E-state index contributed by atoms with van der Waals surface area (Å²) in [6, 6.07) is 20.8. The van der Waals surface area contributed by atoms with Crippen LogP contribution in [0.25, 0.3) is 17.1 Å². The second-order valence-corrected chi connectivity index (χ2v) is 7.38. The van der Waals surface area contributed by atoms with Crippen molar-refractivity contribution in [2.75, 3.05) is 0 Å². The zero-order chi connectivity index (χ0) is 18.6. The van der Waals surface area contributed by atoms with Crippen LogP contribution in [0.4, 0.5) is 0 Å². The lowest BCUT2D eigenvalue weighted by Gasteiger charge is -2.11. The fourth-order valence-corrected chi connectivity index (χ4v) is 3.91. The van der Waals surface area contributed by atoms with E-state index in [1.807, 2.05) is 18.3 Å². The maximum atomic E-state index is 4.48. The molecule has 134 valence electrons. The number of pyridine rings is 1. The predicted octanol–water partition coefficient (Wildman–Crippen LogP) is 5.24. The van der Waals surface area contributed by atoms with Gasteiger partial charge in [-0.1, -0.05) is 53.7 Å². The molecule has 0 amide bonds. The first kappa shape index (κ1) is 17.5. The summed E-state index contributed by atoms with van der Waals surface area (Å²) in [6.07, 6.45) is 3.59. The van der Waals surface area contributed by atoms with Crippen LogP contribution in [0.1, 0.15) is 16.7 Å². The van der Waals surface area contributed by atoms with Gasteiger partial charge in [0, 0.05) is 29.4 Å². The topological polar surface area (TPSA) is 43.6 Å². The van der Waals surface area contributed by atoms with Crippen LogP contribution in [0.3, 0.4) is 0 Å². The van der Waals surface area contributed by atoms with Crippen molar-refractivity contribution in [1.82, 2.24) is 19.7 Å². The van der Waals surface area contributed by atoms with Crippen molar-refractivity contribution in [1.29, 1.82) is 0 Å². The predicted molar refractivity (Wildman–Crippen MR) is 110 cm³/mol. The lowest BCUT2D eigenvalue weighted by atomic mass is 10.1. The third kappa shape index (κ3) is 3.78. The highest BCUT2D eigenvalue weighted by atomic mass is 32.2. The van der Waals surface area contributed by atoms with Gasteiger partial charge in [-0.15, -0.1) is 10.2 Å². The van der Waals surface area contributed by atoms with Crippen molar-refractivity contribution >= 4 is 11.8 Å². The van der Waals surface area contributed by atoms with Crippen LogP contribution >= 0.6 is 11.8 Å². The molecule has 4 aromatic rings. The molecule has 4 nitrogen and oxygen atoms in total. The number of nitrogens with zero attached hydrogens (tertiary/aromatic N) is 4. The number of thioether (sulfide) groups is 1.